The van der Waals surface area contributed by atoms with Gasteiger partial charge in [-0.05, 0) is 43.9 Å². The summed E-state index contributed by atoms with van der Waals surface area (Å²) in [6.07, 6.45) is 6.19. The van der Waals surface area contributed by atoms with Gasteiger partial charge in [-0.15, -0.1) is 0 Å². The number of pyridine rings is 1. The van der Waals surface area contributed by atoms with Gasteiger partial charge in [0.1, 0.15) is 11.5 Å². The van der Waals surface area contributed by atoms with E-state index >= 15 is 0 Å². The van der Waals surface area contributed by atoms with E-state index in [4.69, 9.17) is 16.3 Å². The molecule has 1 fully saturated rings. The van der Waals surface area contributed by atoms with Crippen LogP contribution in [0.5, 0.6) is 5.88 Å². The van der Waals surface area contributed by atoms with Gasteiger partial charge in [-0.1, -0.05) is 24.4 Å². The zero-order valence-electron chi connectivity index (χ0n) is 15.8. The van der Waals surface area contributed by atoms with E-state index in [-0.39, 0.29) is 5.78 Å². The van der Waals surface area contributed by atoms with Crippen LogP contribution in [0.3, 0.4) is 0 Å². The number of aromatic nitrogens is 3. The molecule has 0 N–H and O–H groups in total. The molecule has 27 heavy (non-hydrogen) atoms. The molecule has 1 saturated carbocycles. The summed E-state index contributed by atoms with van der Waals surface area (Å²) in [5, 5.41) is 1.45. The summed E-state index contributed by atoms with van der Waals surface area (Å²) < 4.78 is 7.33. The molecule has 2 heterocycles. The van der Waals surface area contributed by atoms with Crippen LogP contribution < -0.4 is 4.74 Å². The number of ether oxygens (including phenoxy) is 1. The summed E-state index contributed by atoms with van der Waals surface area (Å²) in [6, 6.07) is 5.46. The normalized spacial score (nSPS) is 14.8. The van der Waals surface area contributed by atoms with Gasteiger partial charge in [-0.2, -0.15) is 0 Å². The molecule has 0 radical (unpaired) electrons. The lowest BCUT2D eigenvalue weighted by Crippen LogP contribution is -2.08. The van der Waals surface area contributed by atoms with E-state index in [0.717, 1.165) is 35.1 Å². The third kappa shape index (κ3) is 3.00. The molecular formula is C21H22ClN3O2. The highest BCUT2D eigenvalue weighted by atomic mass is 35.5. The largest absolute Gasteiger partial charge is 0.481 e. The van der Waals surface area contributed by atoms with Gasteiger partial charge < -0.3 is 9.30 Å². The molecule has 0 amide bonds. The topological polar surface area (TPSA) is 57.0 Å². The van der Waals surface area contributed by atoms with Crippen molar-refractivity contribution in [2.24, 2.45) is 7.05 Å². The van der Waals surface area contributed by atoms with E-state index < -0.39 is 0 Å². The number of benzene rings is 1. The van der Waals surface area contributed by atoms with Crippen LogP contribution >= 0.6 is 11.6 Å². The average Bonchev–Trinajstić information content (AvgIpc) is 3.31. The van der Waals surface area contributed by atoms with Crippen LogP contribution in [0, 0.1) is 6.92 Å². The van der Waals surface area contributed by atoms with Crippen LogP contribution in [-0.2, 0) is 7.05 Å². The Kier molecular flexibility index (Phi) is 4.64. The minimum Gasteiger partial charge on any atom is -0.481 e. The van der Waals surface area contributed by atoms with Gasteiger partial charge in [0.05, 0.1) is 23.8 Å². The van der Waals surface area contributed by atoms with Crippen molar-refractivity contribution in [3.8, 4) is 5.88 Å². The molecule has 0 unspecified atom stereocenters. The molecule has 5 nitrogen and oxygen atoms in total. The molecular weight excluding hydrogens is 362 g/mol. The highest BCUT2D eigenvalue weighted by Gasteiger charge is 2.26. The lowest BCUT2D eigenvalue weighted by Gasteiger charge is -2.17. The number of rotatable bonds is 4. The Balaban J connectivity index is 1.85. The Hall–Kier alpha value is -2.40. The Morgan fingerprint density at radius 3 is 2.67 bits per heavy atom. The number of aryl methyl sites for hydroxylation is 1. The number of hydrogen-bond donors (Lipinski definition) is 0. The van der Waals surface area contributed by atoms with Crippen LogP contribution in [0.25, 0.3) is 10.9 Å². The summed E-state index contributed by atoms with van der Waals surface area (Å²) in [5.41, 5.74) is 2.85. The second-order valence-electron chi connectivity index (χ2n) is 7.14. The van der Waals surface area contributed by atoms with E-state index in [2.05, 4.69) is 9.97 Å². The number of imidazole rings is 1. The molecule has 140 valence electrons. The fourth-order valence-corrected chi connectivity index (χ4v) is 4.33. The highest BCUT2D eigenvalue weighted by Crippen LogP contribution is 2.44. The fourth-order valence-electron chi connectivity index (χ4n) is 3.94. The van der Waals surface area contributed by atoms with E-state index in [0.29, 0.717) is 28.1 Å². The number of methoxy groups -OCH3 is 1. The maximum atomic E-state index is 13.0. The molecule has 0 atom stereocenters. The quantitative estimate of drug-likeness (QED) is 0.605. The predicted octanol–water partition coefficient (Wildman–Crippen LogP) is 4.83. The van der Waals surface area contributed by atoms with Gasteiger partial charge in [0.25, 0.3) is 0 Å². The second-order valence-corrected chi connectivity index (χ2v) is 7.52. The Morgan fingerprint density at radius 2 is 2.04 bits per heavy atom. The summed E-state index contributed by atoms with van der Waals surface area (Å²) >= 11 is 6.81. The van der Waals surface area contributed by atoms with Crippen molar-refractivity contribution in [3.63, 3.8) is 0 Å². The molecule has 2 aromatic heterocycles. The number of halogens is 1. The zero-order chi connectivity index (χ0) is 19.1. The van der Waals surface area contributed by atoms with Gasteiger partial charge in [-0.3, -0.25) is 4.79 Å². The minimum absolute atomic E-state index is 0.0747. The Labute approximate surface area is 163 Å². The molecule has 0 aliphatic heterocycles. The van der Waals surface area contributed by atoms with E-state index in [1.165, 1.54) is 12.8 Å². The van der Waals surface area contributed by atoms with Crippen molar-refractivity contribution in [2.45, 2.75) is 38.5 Å². The van der Waals surface area contributed by atoms with Gasteiger partial charge in [0.15, 0.2) is 0 Å². The molecule has 0 saturated heterocycles. The third-order valence-corrected chi connectivity index (χ3v) is 6.00. The fraction of sp³-hybridized carbons (Fsp3) is 0.381. The molecule has 1 aliphatic carbocycles. The number of hydrogen-bond acceptors (Lipinski definition) is 4. The standard InChI is InChI=1S/C21H22ClN3O2/c1-12-23-11-17(25(12)2)20(26)14-8-9-16-15(10-14)19(22)18(21(24-16)27-3)13-6-4-5-7-13/h8-11,13H,4-7H2,1-3H3. The maximum absolute atomic E-state index is 13.0. The molecule has 1 aliphatic rings. The summed E-state index contributed by atoms with van der Waals surface area (Å²) in [6.45, 7) is 1.87. The Bertz CT molecular complexity index is 1040. The first-order valence-electron chi connectivity index (χ1n) is 9.21. The molecule has 4 rings (SSSR count). The first-order chi connectivity index (χ1) is 13.0. The number of nitrogens with zero attached hydrogens (tertiary/aromatic N) is 3. The summed E-state index contributed by atoms with van der Waals surface area (Å²) in [4.78, 5) is 21.8. The molecule has 0 spiro atoms. The second kappa shape index (κ2) is 6.97. The van der Waals surface area contributed by atoms with Crippen molar-refractivity contribution in [1.29, 1.82) is 0 Å². The number of carbonyl (C=O) groups excluding carboxylic acids is 1. The van der Waals surface area contributed by atoms with Crippen LogP contribution in [0.15, 0.2) is 24.4 Å². The maximum Gasteiger partial charge on any atom is 0.218 e. The number of carbonyl (C=O) groups is 1. The monoisotopic (exact) mass is 383 g/mol. The van der Waals surface area contributed by atoms with E-state index in [1.807, 2.05) is 26.1 Å². The highest BCUT2D eigenvalue weighted by molar-refractivity contribution is 6.36. The van der Waals surface area contributed by atoms with Crippen LogP contribution in [0.4, 0.5) is 0 Å². The van der Waals surface area contributed by atoms with Crippen LogP contribution in [0.1, 0.15) is 59.0 Å². The van der Waals surface area contributed by atoms with Gasteiger partial charge in [-0.25, -0.2) is 9.97 Å². The van der Waals surface area contributed by atoms with Gasteiger partial charge in [0, 0.05) is 23.6 Å². The minimum atomic E-state index is -0.0747. The third-order valence-electron chi connectivity index (χ3n) is 5.59. The zero-order valence-corrected chi connectivity index (χ0v) is 16.5. The van der Waals surface area contributed by atoms with Crippen molar-refractivity contribution in [1.82, 2.24) is 14.5 Å². The van der Waals surface area contributed by atoms with Crippen molar-refractivity contribution >= 4 is 28.3 Å². The SMILES string of the molecule is COc1nc2ccc(C(=O)c3cnc(C)n3C)cc2c(Cl)c1C1CCCC1. The van der Waals surface area contributed by atoms with Crippen molar-refractivity contribution in [3.05, 3.63) is 52.1 Å². The van der Waals surface area contributed by atoms with Crippen molar-refractivity contribution < 1.29 is 9.53 Å². The summed E-state index contributed by atoms with van der Waals surface area (Å²) in [7, 11) is 3.47. The summed E-state index contributed by atoms with van der Waals surface area (Å²) in [5.74, 6) is 1.69. The predicted molar refractivity (Wildman–Crippen MR) is 106 cm³/mol. The molecule has 0 bridgehead atoms. The smallest absolute Gasteiger partial charge is 0.218 e. The molecule has 3 aromatic rings. The van der Waals surface area contributed by atoms with E-state index in [1.54, 1.807) is 23.9 Å². The number of ketones is 1. The van der Waals surface area contributed by atoms with E-state index in [9.17, 15) is 4.79 Å². The van der Waals surface area contributed by atoms with Gasteiger partial charge in [0.2, 0.25) is 11.7 Å². The van der Waals surface area contributed by atoms with Crippen LogP contribution in [0.2, 0.25) is 5.02 Å². The average molecular weight is 384 g/mol. The van der Waals surface area contributed by atoms with Crippen LogP contribution in [-0.4, -0.2) is 27.4 Å². The lowest BCUT2D eigenvalue weighted by molar-refractivity contribution is 0.103. The molecule has 6 heteroatoms. The number of fused-ring (bicyclic) bond motifs is 1. The first-order valence-corrected chi connectivity index (χ1v) is 9.59. The first kappa shape index (κ1) is 18.0. The van der Waals surface area contributed by atoms with Crippen molar-refractivity contribution in [2.75, 3.05) is 7.11 Å². The molecule has 1 aromatic carbocycles. The lowest BCUT2D eigenvalue weighted by atomic mass is 9.96. The Morgan fingerprint density at radius 1 is 1.30 bits per heavy atom. The van der Waals surface area contributed by atoms with Gasteiger partial charge >= 0.3 is 0 Å².